The normalized spacial score (nSPS) is 11.9. The molecule has 0 aliphatic carbocycles. The van der Waals surface area contributed by atoms with Crippen LogP contribution in [0.15, 0.2) is 219 Å². The monoisotopic (exact) mass is 1310 g/mol. The van der Waals surface area contributed by atoms with Gasteiger partial charge in [0.05, 0.1) is 40.0 Å². The second kappa shape index (κ2) is 30.6. The molecule has 0 amide bonds. The highest BCUT2D eigenvalue weighted by Gasteiger charge is 2.31. The van der Waals surface area contributed by atoms with Crippen molar-refractivity contribution in [3.63, 3.8) is 0 Å². The van der Waals surface area contributed by atoms with Crippen LogP contribution in [0, 0.1) is 34.9 Å². The lowest BCUT2D eigenvalue weighted by Crippen LogP contribution is -2.17. The topological polar surface area (TPSA) is 238 Å². The maximum Gasteiger partial charge on any atom is 0.311 e. The number of H-pyrrole nitrogens is 3. The summed E-state index contributed by atoms with van der Waals surface area (Å²) in [5.41, 5.74) is 5.05. The number of ketones is 3. The number of hydrogen-bond donors (Lipinski definition) is 6. The first-order chi connectivity index (χ1) is 46.3. The summed E-state index contributed by atoms with van der Waals surface area (Å²) in [7, 11) is 0. The number of aromatic amines is 3. The lowest BCUT2D eigenvalue weighted by Gasteiger charge is -2.12. The van der Waals surface area contributed by atoms with Gasteiger partial charge in [0.1, 0.15) is 72.0 Å². The Morgan fingerprint density at radius 3 is 1.18 bits per heavy atom. The summed E-state index contributed by atoms with van der Waals surface area (Å²) in [6.07, 6.45) is 3.17. The SMILES string of the molecule is O=C(CC(C(=O)O)c1c[nH]c2c(OCc3ccccc3)cccc12)c1ccc(F)cc1F.O=C(CC(C(=O)O)c1c[nH]c2cc(OCc3ccccc3)ccc12)c1ccc(F)cc1F.O=C(CC(C(=O)O)c1c[nH]c2ccc(OCc3ccccc3)cc12)c1ccc(F)cc1F. The van der Waals surface area contributed by atoms with E-state index in [-0.39, 0.29) is 16.7 Å². The van der Waals surface area contributed by atoms with Gasteiger partial charge in [-0.25, -0.2) is 26.3 Å². The first kappa shape index (κ1) is 66.9. The average Bonchev–Trinajstić information content (AvgIpc) is 1.65. The third-order valence-corrected chi connectivity index (χ3v) is 15.7. The molecule has 0 saturated heterocycles. The molecule has 0 saturated carbocycles. The predicted octanol–water partition coefficient (Wildman–Crippen LogP) is 16.4. The summed E-state index contributed by atoms with van der Waals surface area (Å²) >= 11 is 0. The van der Waals surface area contributed by atoms with Crippen LogP contribution in [0.25, 0.3) is 32.7 Å². The van der Waals surface area contributed by atoms with E-state index in [1.807, 2.05) is 91.0 Å². The number of carbonyl (C=O) groups excluding carboxylic acids is 3. The van der Waals surface area contributed by atoms with E-state index in [2.05, 4.69) is 15.0 Å². The molecule has 3 aromatic heterocycles. The van der Waals surface area contributed by atoms with Gasteiger partial charge in [0, 0.05) is 89.3 Å². The minimum Gasteiger partial charge on any atom is -0.489 e. The Labute approximate surface area is 543 Å². The third kappa shape index (κ3) is 16.4. The van der Waals surface area contributed by atoms with Crippen molar-refractivity contribution in [3.05, 3.63) is 304 Å². The maximum atomic E-state index is 14.0. The number of Topliss-reactive ketones (excluding diaryl/α,β-unsaturated/α-hetero) is 3. The molecule has 12 aromatic rings. The number of ether oxygens (including phenoxy) is 3. The number of nitrogens with one attached hydrogen (secondary N) is 3. The Hall–Kier alpha value is -12.0. The van der Waals surface area contributed by atoms with Gasteiger partial charge in [0.25, 0.3) is 0 Å². The number of hydrogen-bond acceptors (Lipinski definition) is 9. The van der Waals surface area contributed by atoms with Gasteiger partial charge in [-0.2, -0.15) is 0 Å². The highest BCUT2D eigenvalue weighted by molar-refractivity contribution is 6.03. The van der Waals surface area contributed by atoms with Crippen LogP contribution < -0.4 is 14.2 Å². The molecule has 0 radical (unpaired) electrons. The summed E-state index contributed by atoms with van der Waals surface area (Å²) in [6, 6.07) is 52.3. The molecule has 21 heteroatoms. The van der Waals surface area contributed by atoms with Gasteiger partial charge < -0.3 is 44.5 Å². The van der Waals surface area contributed by atoms with Crippen LogP contribution in [0.5, 0.6) is 17.2 Å². The number of halogens is 6. The number of rotatable bonds is 24. The number of para-hydroxylation sites is 1. The Balaban J connectivity index is 0.000000157. The van der Waals surface area contributed by atoms with Crippen molar-refractivity contribution in [3.8, 4) is 17.2 Å². The molecule has 15 nitrogen and oxygen atoms in total. The van der Waals surface area contributed by atoms with E-state index < -0.39 is 107 Å². The molecule has 0 aliphatic rings. The van der Waals surface area contributed by atoms with Gasteiger partial charge in [-0.3, -0.25) is 28.8 Å². The van der Waals surface area contributed by atoms with E-state index in [0.717, 1.165) is 53.1 Å². The van der Waals surface area contributed by atoms with Crippen molar-refractivity contribution < 1.29 is 84.6 Å². The van der Waals surface area contributed by atoms with E-state index in [1.165, 1.54) is 18.6 Å². The van der Waals surface area contributed by atoms with Crippen LogP contribution in [0.3, 0.4) is 0 Å². The lowest BCUT2D eigenvalue weighted by molar-refractivity contribution is -0.139. The van der Waals surface area contributed by atoms with Crippen LogP contribution in [0.4, 0.5) is 26.3 Å². The Bertz CT molecular complexity index is 4720. The Morgan fingerprint density at radius 2 is 0.740 bits per heavy atom. The Morgan fingerprint density at radius 1 is 0.354 bits per heavy atom. The number of benzene rings is 9. The van der Waals surface area contributed by atoms with Crippen LogP contribution in [-0.2, 0) is 34.2 Å². The largest absolute Gasteiger partial charge is 0.489 e. The van der Waals surface area contributed by atoms with Gasteiger partial charge in [-0.1, -0.05) is 103 Å². The molecule has 0 fully saturated rings. The molecule has 9 aromatic carbocycles. The standard InChI is InChI=1S/3C25H19F2NO4/c26-16-9-10-18(21(27)11-16)22(29)12-19(25(30)31)20-13-28-24-17(20)7-4-8-23(24)32-14-15-5-2-1-3-6-15;26-16-6-8-19(22(27)10-16)24(29)12-20(25(30)31)21-13-28-23-11-17(7-9-18(21)23)32-14-15-4-2-1-3-5-15;26-16-6-8-18(22(27)10-16)24(29)12-20(25(30)31)21-13-28-23-9-7-17(11-19(21)23)32-14-15-4-2-1-3-5-15/h1-11,13,19,28H,12,14H2,(H,30,31);2*1-11,13,20,28H,12,14H2,(H,30,31). The average molecular weight is 1310 g/mol. The molecule has 486 valence electrons. The van der Waals surface area contributed by atoms with Crippen molar-refractivity contribution in [1.82, 2.24) is 15.0 Å². The molecule has 6 N–H and O–H groups in total. The number of carbonyl (C=O) groups is 6. The number of carboxylic acids is 3. The fourth-order valence-corrected chi connectivity index (χ4v) is 10.8. The summed E-state index contributed by atoms with van der Waals surface area (Å²) < 4.78 is 98.9. The van der Waals surface area contributed by atoms with Crippen LogP contribution in [-0.4, -0.2) is 65.5 Å². The quantitative estimate of drug-likeness (QED) is 0.0245. The van der Waals surface area contributed by atoms with Gasteiger partial charge in [-0.05, 0) is 106 Å². The van der Waals surface area contributed by atoms with Crippen LogP contribution in [0.2, 0.25) is 0 Å². The molecular formula is C75H57F6N3O12. The predicted molar refractivity (Wildman–Crippen MR) is 344 cm³/mol. The summed E-state index contributed by atoms with van der Waals surface area (Å²) in [5, 5.41) is 31.1. The van der Waals surface area contributed by atoms with Gasteiger partial charge in [0.15, 0.2) is 17.3 Å². The zero-order valence-electron chi connectivity index (χ0n) is 50.5. The molecule has 3 atom stereocenters. The summed E-state index contributed by atoms with van der Waals surface area (Å²) in [4.78, 5) is 82.7. The zero-order chi connectivity index (χ0) is 68.0. The zero-order valence-corrected chi connectivity index (χ0v) is 50.5. The fraction of sp³-hybridized carbons (Fsp3) is 0.120. The fourth-order valence-electron chi connectivity index (χ4n) is 10.8. The van der Waals surface area contributed by atoms with Gasteiger partial charge in [0.2, 0.25) is 0 Å². The van der Waals surface area contributed by atoms with Crippen molar-refractivity contribution in [2.75, 3.05) is 0 Å². The van der Waals surface area contributed by atoms with E-state index in [0.29, 0.717) is 105 Å². The second-order valence-corrected chi connectivity index (χ2v) is 22.1. The highest BCUT2D eigenvalue weighted by Crippen LogP contribution is 2.37. The third-order valence-electron chi connectivity index (χ3n) is 15.7. The number of aromatic nitrogens is 3. The molecule has 0 bridgehead atoms. The second-order valence-electron chi connectivity index (χ2n) is 22.1. The van der Waals surface area contributed by atoms with E-state index in [4.69, 9.17) is 14.2 Å². The first-order valence-corrected chi connectivity index (χ1v) is 29.7. The molecule has 3 unspecified atom stereocenters. The van der Waals surface area contributed by atoms with Crippen LogP contribution in [0.1, 0.15) is 101 Å². The van der Waals surface area contributed by atoms with Crippen LogP contribution >= 0.6 is 0 Å². The molecule has 96 heavy (non-hydrogen) atoms. The van der Waals surface area contributed by atoms with Gasteiger partial charge in [-0.15, -0.1) is 0 Å². The number of fused-ring (bicyclic) bond motifs is 3. The number of aliphatic carboxylic acids is 3. The van der Waals surface area contributed by atoms with E-state index in [1.54, 1.807) is 54.6 Å². The maximum absolute atomic E-state index is 14.0. The van der Waals surface area contributed by atoms with E-state index >= 15 is 0 Å². The van der Waals surface area contributed by atoms with Crippen molar-refractivity contribution >= 4 is 68.0 Å². The first-order valence-electron chi connectivity index (χ1n) is 29.7. The minimum atomic E-state index is -1.22. The summed E-state index contributed by atoms with van der Waals surface area (Å²) in [6.45, 7) is 1.06. The molecule has 12 rings (SSSR count). The molecule has 0 spiro atoms. The highest BCUT2D eigenvalue weighted by atomic mass is 19.2. The summed E-state index contributed by atoms with van der Waals surface area (Å²) in [5.74, 6) is -13.3. The molecular weight excluding hydrogens is 1250 g/mol. The van der Waals surface area contributed by atoms with Gasteiger partial charge >= 0.3 is 17.9 Å². The molecule has 3 heterocycles. The van der Waals surface area contributed by atoms with Crippen molar-refractivity contribution in [1.29, 1.82) is 0 Å². The minimum absolute atomic E-state index is 0.332. The molecule has 0 aliphatic heterocycles. The Kier molecular flexibility index (Phi) is 21.3. The van der Waals surface area contributed by atoms with E-state index in [9.17, 15) is 70.4 Å². The number of carboxylic acid groups (broad SMARTS) is 3. The van der Waals surface area contributed by atoms with Crippen molar-refractivity contribution in [2.45, 2.75) is 56.8 Å². The smallest absolute Gasteiger partial charge is 0.311 e. The lowest BCUT2D eigenvalue weighted by atomic mass is 9.91. The van der Waals surface area contributed by atoms with Crippen molar-refractivity contribution in [2.24, 2.45) is 0 Å².